The molecular weight excluding hydrogens is 600 g/mol. The summed E-state index contributed by atoms with van der Waals surface area (Å²) in [6, 6.07) is 40.0. The zero-order valence-electron chi connectivity index (χ0n) is 20.2. The lowest BCUT2D eigenvalue weighted by Crippen LogP contribution is -2.44. The summed E-state index contributed by atoms with van der Waals surface area (Å²) in [6.07, 6.45) is 0. The van der Waals surface area contributed by atoms with Crippen LogP contribution in [0.1, 0.15) is 33.4 Å². The molecule has 7 rings (SSSR count). The second-order valence-corrected chi connectivity index (χ2v) is 11.8. The molecule has 184 valence electrons. The molecule has 38 heavy (non-hydrogen) atoms. The van der Waals surface area contributed by atoms with Crippen molar-refractivity contribution in [2.24, 2.45) is 0 Å². The van der Waals surface area contributed by atoms with E-state index in [1.165, 1.54) is 0 Å². The lowest BCUT2D eigenvalue weighted by molar-refractivity contribution is 0.0748. The van der Waals surface area contributed by atoms with Gasteiger partial charge in [-0.3, -0.25) is 0 Å². The molecule has 0 amide bonds. The van der Waals surface area contributed by atoms with Crippen LogP contribution in [0.15, 0.2) is 130 Å². The van der Waals surface area contributed by atoms with Gasteiger partial charge in [0.15, 0.2) is 0 Å². The van der Waals surface area contributed by atoms with Crippen LogP contribution in [-0.4, -0.2) is 10.2 Å². The van der Waals surface area contributed by atoms with Gasteiger partial charge in [-0.25, -0.2) is 0 Å². The van der Waals surface area contributed by atoms with Gasteiger partial charge in [-0.2, -0.15) is 0 Å². The van der Waals surface area contributed by atoms with E-state index < -0.39 is 11.2 Å². The molecule has 6 aromatic rings. The van der Waals surface area contributed by atoms with E-state index in [2.05, 4.69) is 56.1 Å². The van der Waals surface area contributed by atoms with Crippen LogP contribution in [0.4, 0.5) is 0 Å². The minimum absolute atomic E-state index is 0.646. The standard InChI is InChI=1S/C34H22Br2O2/c35-27-14-16-30-31(19-27)33(37,25-11-9-21-5-1-3-7-23(21)17-25)29-15-13-28(36)20-32(29)34(30,38)26-12-10-22-6-2-4-8-24(22)18-26/h1-20,37-38H. The van der Waals surface area contributed by atoms with Crippen molar-refractivity contribution in [3.05, 3.63) is 164 Å². The minimum Gasteiger partial charge on any atom is -0.376 e. The van der Waals surface area contributed by atoms with E-state index >= 15 is 0 Å². The monoisotopic (exact) mass is 620 g/mol. The molecule has 2 atom stereocenters. The predicted molar refractivity (Wildman–Crippen MR) is 160 cm³/mol. The molecule has 4 heteroatoms. The molecular formula is C34H22Br2O2. The van der Waals surface area contributed by atoms with Gasteiger partial charge in [0.25, 0.3) is 0 Å². The summed E-state index contributed by atoms with van der Waals surface area (Å²) in [4.78, 5) is 0. The second-order valence-electron chi connectivity index (χ2n) is 9.92. The maximum absolute atomic E-state index is 12.8. The van der Waals surface area contributed by atoms with Crippen molar-refractivity contribution in [2.75, 3.05) is 0 Å². The van der Waals surface area contributed by atoms with Crippen LogP contribution in [0.2, 0.25) is 0 Å². The summed E-state index contributed by atoms with van der Waals surface area (Å²) in [5.41, 5.74) is 1.12. The number of halogens is 2. The Morgan fingerprint density at radius 2 is 0.789 bits per heavy atom. The molecule has 1 aliphatic carbocycles. The van der Waals surface area contributed by atoms with Crippen LogP contribution in [0.5, 0.6) is 0 Å². The first-order chi connectivity index (χ1) is 18.4. The Labute approximate surface area is 237 Å². The zero-order chi connectivity index (χ0) is 26.1. The molecule has 0 spiro atoms. The Balaban J connectivity index is 1.58. The predicted octanol–water partition coefficient (Wildman–Crippen LogP) is 8.40. The SMILES string of the molecule is OC1(c2ccc3ccccc3c2)c2ccc(Br)cc2C(O)(c2ccc3ccccc3c2)c2ccc(Br)cc21. The van der Waals surface area contributed by atoms with E-state index in [1.807, 2.05) is 97.1 Å². The summed E-state index contributed by atoms with van der Waals surface area (Å²) in [5.74, 6) is 0. The highest BCUT2D eigenvalue weighted by atomic mass is 79.9. The molecule has 1 aliphatic rings. The van der Waals surface area contributed by atoms with Gasteiger partial charge >= 0.3 is 0 Å². The first kappa shape index (κ1) is 23.8. The van der Waals surface area contributed by atoms with E-state index in [-0.39, 0.29) is 0 Å². The molecule has 2 unspecified atom stereocenters. The lowest BCUT2D eigenvalue weighted by Gasteiger charge is -2.45. The van der Waals surface area contributed by atoms with Gasteiger partial charge in [-0.15, -0.1) is 0 Å². The van der Waals surface area contributed by atoms with Crippen molar-refractivity contribution in [3.8, 4) is 0 Å². The summed E-state index contributed by atoms with van der Waals surface area (Å²) < 4.78 is 1.66. The number of fused-ring (bicyclic) bond motifs is 4. The highest BCUT2D eigenvalue weighted by Crippen LogP contribution is 2.54. The largest absolute Gasteiger partial charge is 0.376 e. The van der Waals surface area contributed by atoms with Crippen molar-refractivity contribution in [1.82, 2.24) is 0 Å². The molecule has 0 aromatic heterocycles. The zero-order valence-corrected chi connectivity index (χ0v) is 23.4. The first-order valence-corrected chi connectivity index (χ1v) is 14.0. The van der Waals surface area contributed by atoms with Crippen molar-refractivity contribution >= 4 is 53.4 Å². The van der Waals surface area contributed by atoms with Gasteiger partial charge in [0, 0.05) is 20.1 Å². The second kappa shape index (κ2) is 8.62. The Morgan fingerprint density at radius 1 is 0.395 bits per heavy atom. The smallest absolute Gasteiger partial charge is 0.141 e. The Hall–Kier alpha value is -3.28. The van der Waals surface area contributed by atoms with Crippen LogP contribution < -0.4 is 0 Å². The van der Waals surface area contributed by atoms with Crippen LogP contribution in [0.25, 0.3) is 21.5 Å². The molecule has 0 saturated heterocycles. The molecule has 0 aliphatic heterocycles. The maximum atomic E-state index is 12.8. The third kappa shape index (κ3) is 3.38. The molecule has 0 bridgehead atoms. The van der Waals surface area contributed by atoms with E-state index in [9.17, 15) is 10.2 Å². The van der Waals surface area contributed by atoms with Crippen molar-refractivity contribution in [3.63, 3.8) is 0 Å². The number of rotatable bonds is 2. The first-order valence-electron chi connectivity index (χ1n) is 12.4. The number of hydrogen-bond acceptors (Lipinski definition) is 2. The van der Waals surface area contributed by atoms with Crippen LogP contribution in [0.3, 0.4) is 0 Å². The molecule has 2 N–H and O–H groups in total. The number of benzene rings is 6. The van der Waals surface area contributed by atoms with Gasteiger partial charge in [0.05, 0.1) is 0 Å². The summed E-state index contributed by atoms with van der Waals surface area (Å²) in [5, 5.41) is 30.0. The fraction of sp³-hybridized carbons (Fsp3) is 0.0588. The van der Waals surface area contributed by atoms with E-state index in [0.29, 0.717) is 22.3 Å². The Bertz CT molecular complexity index is 1760. The number of aliphatic hydroxyl groups is 2. The fourth-order valence-corrected chi connectivity index (χ4v) is 6.73. The van der Waals surface area contributed by atoms with Crippen LogP contribution in [-0.2, 0) is 11.2 Å². The molecule has 0 fully saturated rings. The minimum atomic E-state index is -1.48. The van der Waals surface area contributed by atoms with Crippen molar-refractivity contribution in [1.29, 1.82) is 0 Å². The van der Waals surface area contributed by atoms with Gasteiger partial charge < -0.3 is 10.2 Å². The normalized spacial score (nSPS) is 20.3. The molecule has 2 nitrogen and oxygen atoms in total. The lowest BCUT2D eigenvalue weighted by atomic mass is 9.63. The number of hydrogen-bond donors (Lipinski definition) is 2. The average molecular weight is 622 g/mol. The summed E-state index contributed by atoms with van der Waals surface area (Å²) in [6.45, 7) is 0. The third-order valence-corrected chi connectivity index (χ3v) is 8.84. The Morgan fingerprint density at radius 3 is 1.21 bits per heavy atom. The van der Waals surface area contributed by atoms with Crippen molar-refractivity contribution in [2.45, 2.75) is 11.2 Å². The molecule has 0 saturated carbocycles. The molecule has 6 aromatic carbocycles. The highest BCUT2D eigenvalue weighted by Gasteiger charge is 2.51. The van der Waals surface area contributed by atoms with Gasteiger partial charge in [-0.05, 0) is 80.2 Å². The van der Waals surface area contributed by atoms with E-state index in [4.69, 9.17) is 0 Å². The van der Waals surface area contributed by atoms with Gasteiger partial charge in [0.2, 0.25) is 0 Å². The summed E-state index contributed by atoms with van der Waals surface area (Å²) >= 11 is 7.26. The molecule has 0 heterocycles. The maximum Gasteiger partial charge on any atom is 0.141 e. The van der Waals surface area contributed by atoms with E-state index in [1.54, 1.807) is 0 Å². The molecule has 0 radical (unpaired) electrons. The topological polar surface area (TPSA) is 40.5 Å². The van der Waals surface area contributed by atoms with Gasteiger partial charge in [0.1, 0.15) is 11.2 Å². The van der Waals surface area contributed by atoms with Crippen LogP contribution >= 0.6 is 31.9 Å². The van der Waals surface area contributed by atoms with Crippen molar-refractivity contribution < 1.29 is 10.2 Å². The van der Waals surface area contributed by atoms with Crippen LogP contribution in [0, 0.1) is 0 Å². The Kier molecular flexibility index (Phi) is 5.40. The fourth-order valence-electron chi connectivity index (χ4n) is 6.00. The highest BCUT2D eigenvalue weighted by molar-refractivity contribution is 9.10. The van der Waals surface area contributed by atoms with E-state index in [0.717, 1.165) is 41.6 Å². The van der Waals surface area contributed by atoms with Gasteiger partial charge in [-0.1, -0.05) is 117 Å². The average Bonchev–Trinajstić information content (AvgIpc) is 2.95. The third-order valence-electron chi connectivity index (χ3n) is 7.86. The quantitative estimate of drug-likeness (QED) is 0.204. The summed E-state index contributed by atoms with van der Waals surface area (Å²) in [7, 11) is 0.